The molecule has 2 rings (SSSR count). The zero-order valence-corrected chi connectivity index (χ0v) is 11.8. The number of rotatable bonds is 6. The molecular weight excluding hydrogens is 244 g/mol. The number of hydrogen-bond acceptors (Lipinski definition) is 5. The SMILES string of the molecule is CCc1cc(CC(NN)C2COCCO2)n(CC)n1. The highest BCUT2D eigenvalue weighted by Gasteiger charge is 2.25. The second-order valence-corrected chi connectivity index (χ2v) is 4.76. The first-order valence-corrected chi connectivity index (χ1v) is 6.99. The van der Waals surface area contributed by atoms with Crippen LogP contribution in [0.1, 0.15) is 25.2 Å². The van der Waals surface area contributed by atoms with E-state index in [2.05, 4.69) is 30.4 Å². The van der Waals surface area contributed by atoms with E-state index in [9.17, 15) is 0 Å². The summed E-state index contributed by atoms with van der Waals surface area (Å²) >= 11 is 0. The van der Waals surface area contributed by atoms with Crippen molar-refractivity contribution < 1.29 is 9.47 Å². The number of nitrogens with one attached hydrogen (secondary N) is 1. The molecule has 1 saturated heterocycles. The molecule has 6 heteroatoms. The highest BCUT2D eigenvalue weighted by Crippen LogP contribution is 2.13. The van der Waals surface area contributed by atoms with Crippen molar-refractivity contribution in [3.63, 3.8) is 0 Å². The van der Waals surface area contributed by atoms with E-state index >= 15 is 0 Å². The molecule has 1 aromatic heterocycles. The number of hydrogen-bond donors (Lipinski definition) is 2. The lowest BCUT2D eigenvalue weighted by molar-refractivity contribution is -0.101. The first-order chi connectivity index (χ1) is 9.28. The summed E-state index contributed by atoms with van der Waals surface area (Å²) < 4.78 is 13.2. The van der Waals surface area contributed by atoms with Crippen LogP contribution >= 0.6 is 0 Å². The molecule has 0 bridgehead atoms. The van der Waals surface area contributed by atoms with Gasteiger partial charge in [0.2, 0.25) is 0 Å². The predicted molar refractivity (Wildman–Crippen MR) is 72.7 cm³/mol. The van der Waals surface area contributed by atoms with Gasteiger partial charge in [-0.2, -0.15) is 5.10 Å². The second kappa shape index (κ2) is 7.00. The van der Waals surface area contributed by atoms with Crippen molar-refractivity contribution in [1.82, 2.24) is 15.2 Å². The molecule has 0 aromatic carbocycles. The van der Waals surface area contributed by atoms with Gasteiger partial charge in [-0.3, -0.25) is 16.0 Å². The second-order valence-electron chi connectivity index (χ2n) is 4.76. The van der Waals surface area contributed by atoms with Gasteiger partial charge in [0, 0.05) is 18.7 Å². The summed E-state index contributed by atoms with van der Waals surface area (Å²) in [7, 11) is 0. The third-order valence-corrected chi connectivity index (χ3v) is 3.51. The van der Waals surface area contributed by atoms with Crippen molar-refractivity contribution >= 4 is 0 Å². The molecule has 1 aliphatic heterocycles. The van der Waals surface area contributed by atoms with Crippen LogP contribution in [0.25, 0.3) is 0 Å². The van der Waals surface area contributed by atoms with Gasteiger partial charge in [0.15, 0.2) is 0 Å². The van der Waals surface area contributed by atoms with Crippen molar-refractivity contribution in [2.45, 2.75) is 45.4 Å². The van der Waals surface area contributed by atoms with Crippen LogP contribution < -0.4 is 11.3 Å². The Morgan fingerprint density at radius 1 is 1.53 bits per heavy atom. The van der Waals surface area contributed by atoms with E-state index in [1.807, 2.05) is 4.68 Å². The standard InChI is InChI=1S/C13H24N4O2/c1-3-10-7-11(17(4-2)16-10)8-12(15-14)13-9-18-5-6-19-13/h7,12-13,15H,3-6,8-9,14H2,1-2H3. The molecule has 0 amide bonds. The lowest BCUT2D eigenvalue weighted by Crippen LogP contribution is -2.50. The van der Waals surface area contributed by atoms with Crippen LogP contribution in [-0.4, -0.2) is 41.7 Å². The lowest BCUT2D eigenvalue weighted by Gasteiger charge is -2.30. The summed E-state index contributed by atoms with van der Waals surface area (Å²) in [5.74, 6) is 5.67. The molecule has 108 valence electrons. The third-order valence-electron chi connectivity index (χ3n) is 3.51. The first kappa shape index (κ1) is 14.5. The van der Waals surface area contributed by atoms with Crippen LogP contribution in [0, 0.1) is 0 Å². The van der Waals surface area contributed by atoms with Gasteiger partial charge in [-0.25, -0.2) is 0 Å². The molecule has 2 atom stereocenters. The van der Waals surface area contributed by atoms with Crippen molar-refractivity contribution in [2.75, 3.05) is 19.8 Å². The highest BCUT2D eigenvalue weighted by atomic mass is 16.6. The number of aromatic nitrogens is 2. The molecule has 2 unspecified atom stereocenters. The summed E-state index contributed by atoms with van der Waals surface area (Å²) in [5, 5.41) is 4.56. The van der Waals surface area contributed by atoms with Crippen molar-refractivity contribution in [2.24, 2.45) is 5.84 Å². The molecule has 0 spiro atoms. The normalized spacial score (nSPS) is 21.5. The van der Waals surface area contributed by atoms with Crippen LogP contribution in [-0.2, 0) is 28.9 Å². The van der Waals surface area contributed by atoms with E-state index in [0.717, 1.165) is 25.1 Å². The van der Waals surface area contributed by atoms with Gasteiger partial charge in [0.05, 0.1) is 37.7 Å². The minimum atomic E-state index is 0.00373. The van der Waals surface area contributed by atoms with Crippen LogP contribution in [0.15, 0.2) is 6.07 Å². The van der Waals surface area contributed by atoms with Gasteiger partial charge < -0.3 is 9.47 Å². The maximum Gasteiger partial charge on any atom is 0.0979 e. The fourth-order valence-corrected chi connectivity index (χ4v) is 2.39. The van der Waals surface area contributed by atoms with Gasteiger partial charge in [-0.05, 0) is 19.4 Å². The number of nitrogens with two attached hydrogens (primary N) is 1. The Bertz CT molecular complexity index is 388. The zero-order chi connectivity index (χ0) is 13.7. The summed E-state index contributed by atoms with van der Waals surface area (Å²) in [6, 6.07) is 2.20. The molecule has 0 aliphatic carbocycles. The molecule has 1 aliphatic rings. The van der Waals surface area contributed by atoms with E-state index < -0.39 is 0 Å². The minimum absolute atomic E-state index is 0.00373. The van der Waals surface area contributed by atoms with Gasteiger partial charge in [-0.15, -0.1) is 0 Å². The van der Waals surface area contributed by atoms with Crippen molar-refractivity contribution in [3.05, 3.63) is 17.5 Å². The number of ether oxygens (including phenoxy) is 2. The Balaban J connectivity index is 2.06. The average molecular weight is 268 g/mol. The smallest absolute Gasteiger partial charge is 0.0979 e. The molecular formula is C13H24N4O2. The van der Waals surface area contributed by atoms with Gasteiger partial charge >= 0.3 is 0 Å². The Morgan fingerprint density at radius 3 is 2.95 bits per heavy atom. The number of hydrazine groups is 1. The molecule has 0 radical (unpaired) electrons. The van der Waals surface area contributed by atoms with Gasteiger partial charge in [-0.1, -0.05) is 6.92 Å². The van der Waals surface area contributed by atoms with Crippen LogP contribution in [0.5, 0.6) is 0 Å². The van der Waals surface area contributed by atoms with Crippen molar-refractivity contribution in [1.29, 1.82) is 0 Å². The molecule has 6 nitrogen and oxygen atoms in total. The Kier molecular flexibility index (Phi) is 5.33. The topological polar surface area (TPSA) is 74.3 Å². The summed E-state index contributed by atoms with van der Waals surface area (Å²) in [6.45, 7) is 6.98. The van der Waals surface area contributed by atoms with E-state index in [1.165, 1.54) is 5.69 Å². The molecule has 2 heterocycles. The largest absolute Gasteiger partial charge is 0.376 e. The lowest BCUT2D eigenvalue weighted by atomic mass is 10.1. The van der Waals surface area contributed by atoms with Crippen LogP contribution in [0.2, 0.25) is 0 Å². The zero-order valence-electron chi connectivity index (χ0n) is 11.8. The highest BCUT2D eigenvalue weighted by molar-refractivity contribution is 5.12. The molecule has 1 aromatic rings. The quantitative estimate of drug-likeness (QED) is 0.571. The molecule has 3 N–H and O–H groups in total. The maximum atomic E-state index is 5.71. The van der Waals surface area contributed by atoms with E-state index in [-0.39, 0.29) is 12.1 Å². The van der Waals surface area contributed by atoms with E-state index in [1.54, 1.807) is 0 Å². The average Bonchev–Trinajstić information content (AvgIpc) is 2.87. The third kappa shape index (κ3) is 3.54. The fourth-order valence-electron chi connectivity index (χ4n) is 2.39. The Morgan fingerprint density at radius 2 is 2.37 bits per heavy atom. The first-order valence-electron chi connectivity index (χ1n) is 6.99. The summed E-state index contributed by atoms with van der Waals surface area (Å²) in [5.41, 5.74) is 5.16. The molecule has 0 saturated carbocycles. The maximum absolute atomic E-state index is 5.71. The van der Waals surface area contributed by atoms with Crippen LogP contribution in [0.4, 0.5) is 0 Å². The van der Waals surface area contributed by atoms with Gasteiger partial charge in [0.1, 0.15) is 0 Å². The fraction of sp³-hybridized carbons (Fsp3) is 0.769. The Labute approximate surface area is 114 Å². The summed E-state index contributed by atoms with van der Waals surface area (Å²) in [6.07, 6.45) is 1.75. The minimum Gasteiger partial charge on any atom is -0.376 e. The number of aryl methyl sites for hydroxylation is 2. The predicted octanol–water partition coefficient (Wildman–Crippen LogP) is 0.255. The van der Waals surface area contributed by atoms with E-state index in [0.29, 0.717) is 19.8 Å². The molecule has 1 fully saturated rings. The van der Waals surface area contributed by atoms with E-state index in [4.69, 9.17) is 15.3 Å². The van der Waals surface area contributed by atoms with Crippen molar-refractivity contribution in [3.8, 4) is 0 Å². The monoisotopic (exact) mass is 268 g/mol. The Hall–Kier alpha value is -0.950. The van der Waals surface area contributed by atoms with Gasteiger partial charge in [0.25, 0.3) is 0 Å². The molecule has 19 heavy (non-hydrogen) atoms. The number of nitrogens with zero attached hydrogens (tertiary/aromatic N) is 2. The summed E-state index contributed by atoms with van der Waals surface area (Å²) in [4.78, 5) is 0. The van der Waals surface area contributed by atoms with Crippen LogP contribution in [0.3, 0.4) is 0 Å².